The lowest BCUT2D eigenvalue weighted by Crippen LogP contribution is -2.24. The molecule has 1 saturated heterocycles. The van der Waals surface area contributed by atoms with Crippen molar-refractivity contribution >= 4 is 0 Å². The van der Waals surface area contributed by atoms with Crippen LogP contribution in [0.25, 0.3) is 22.3 Å². The minimum absolute atomic E-state index is 0.201. The van der Waals surface area contributed by atoms with Crippen molar-refractivity contribution in [2.45, 2.75) is 64.4 Å². The van der Waals surface area contributed by atoms with E-state index in [1.165, 1.54) is 0 Å². The summed E-state index contributed by atoms with van der Waals surface area (Å²) in [7, 11) is 0. The highest BCUT2D eigenvalue weighted by Gasteiger charge is 2.23. The van der Waals surface area contributed by atoms with Gasteiger partial charge in [-0.1, -0.05) is 74.0 Å². The molecule has 3 aromatic carbocycles. The molecule has 0 aliphatic carbocycles. The molecule has 184 valence electrons. The molecular weight excluding hydrogens is 445 g/mol. The van der Waals surface area contributed by atoms with Gasteiger partial charge < -0.3 is 4.74 Å². The summed E-state index contributed by atoms with van der Waals surface area (Å²) in [4.78, 5) is 0. The normalized spacial score (nSPS) is 18.3. The SMILES string of the molecule is CC=CCCC1CCC(c2ccc(-c3ccc(-c4ccc(CCC)c(F)c4F)cc3)c(F)c2)CO1. The Labute approximate surface area is 206 Å². The number of rotatable bonds is 8. The van der Waals surface area contributed by atoms with Crippen molar-refractivity contribution in [3.8, 4) is 22.3 Å². The Kier molecular flexibility index (Phi) is 8.46. The highest BCUT2D eigenvalue weighted by Crippen LogP contribution is 2.34. The highest BCUT2D eigenvalue weighted by molar-refractivity contribution is 5.71. The second-order valence-electron chi connectivity index (χ2n) is 9.34. The predicted molar refractivity (Wildman–Crippen MR) is 137 cm³/mol. The Balaban J connectivity index is 1.46. The van der Waals surface area contributed by atoms with E-state index in [0.717, 1.165) is 37.7 Å². The molecule has 0 radical (unpaired) electrons. The minimum Gasteiger partial charge on any atom is -0.378 e. The molecule has 0 spiro atoms. The zero-order chi connectivity index (χ0) is 24.8. The molecule has 0 N–H and O–H groups in total. The van der Waals surface area contributed by atoms with Gasteiger partial charge in [0.2, 0.25) is 0 Å². The molecule has 1 fully saturated rings. The van der Waals surface area contributed by atoms with Crippen molar-refractivity contribution in [1.82, 2.24) is 0 Å². The van der Waals surface area contributed by atoms with Crippen LogP contribution in [0.3, 0.4) is 0 Å². The molecule has 4 heteroatoms. The van der Waals surface area contributed by atoms with Gasteiger partial charge in [0, 0.05) is 17.0 Å². The Bertz CT molecular complexity index is 1160. The fourth-order valence-electron chi connectivity index (χ4n) is 4.87. The molecule has 0 aromatic heterocycles. The molecule has 0 saturated carbocycles. The fourth-order valence-corrected chi connectivity index (χ4v) is 4.87. The van der Waals surface area contributed by atoms with Crippen LogP contribution in [-0.2, 0) is 11.2 Å². The fraction of sp³-hybridized carbons (Fsp3) is 0.355. The summed E-state index contributed by atoms with van der Waals surface area (Å²) >= 11 is 0. The summed E-state index contributed by atoms with van der Waals surface area (Å²) in [5.74, 6) is -1.71. The molecule has 0 bridgehead atoms. The minimum atomic E-state index is -0.835. The monoisotopic (exact) mass is 478 g/mol. The summed E-state index contributed by atoms with van der Waals surface area (Å²) in [6.07, 6.45) is 9.80. The molecule has 35 heavy (non-hydrogen) atoms. The van der Waals surface area contributed by atoms with E-state index in [4.69, 9.17) is 4.74 Å². The van der Waals surface area contributed by atoms with Crippen molar-refractivity contribution in [2.24, 2.45) is 0 Å². The van der Waals surface area contributed by atoms with E-state index in [9.17, 15) is 8.78 Å². The van der Waals surface area contributed by atoms with E-state index in [-0.39, 0.29) is 23.4 Å². The summed E-state index contributed by atoms with van der Waals surface area (Å²) in [5, 5.41) is 0. The van der Waals surface area contributed by atoms with Crippen LogP contribution in [0.1, 0.15) is 63.0 Å². The maximum absolute atomic E-state index is 15.1. The number of aryl methyl sites for hydroxylation is 1. The highest BCUT2D eigenvalue weighted by atomic mass is 19.2. The van der Waals surface area contributed by atoms with Crippen LogP contribution in [0, 0.1) is 17.5 Å². The van der Waals surface area contributed by atoms with Gasteiger partial charge in [-0.15, -0.1) is 0 Å². The van der Waals surface area contributed by atoms with Crippen molar-refractivity contribution in [2.75, 3.05) is 6.61 Å². The zero-order valence-electron chi connectivity index (χ0n) is 20.5. The van der Waals surface area contributed by atoms with Crippen molar-refractivity contribution < 1.29 is 17.9 Å². The van der Waals surface area contributed by atoms with E-state index < -0.39 is 11.6 Å². The van der Waals surface area contributed by atoms with Crippen molar-refractivity contribution in [3.05, 3.63) is 95.3 Å². The Hall–Kier alpha value is -2.85. The molecule has 1 aliphatic heterocycles. The van der Waals surface area contributed by atoms with E-state index in [1.54, 1.807) is 48.5 Å². The summed E-state index contributed by atoms with van der Waals surface area (Å²) < 4.78 is 50.1. The quantitative estimate of drug-likeness (QED) is 0.294. The molecule has 2 atom stereocenters. The third-order valence-electron chi connectivity index (χ3n) is 6.91. The third-order valence-corrected chi connectivity index (χ3v) is 6.91. The van der Waals surface area contributed by atoms with Gasteiger partial charge in [-0.2, -0.15) is 0 Å². The van der Waals surface area contributed by atoms with E-state index in [1.807, 2.05) is 19.9 Å². The summed E-state index contributed by atoms with van der Waals surface area (Å²) in [6.45, 7) is 4.58. The molecule has 4 rings (SSSR count). The van der Waals surface area contributed by atoms with Crippen LogP contribution in [0.4, 0.5) is 13.2 Å². The van der Waals surface area contributed by atoms with Crippen LogP contribution in [0.2, 0.25) is 0 Å². The lowest BCUT2D eigenvalue weighted by Gasteiger charge is -2.29. The van der Waals surface area contributed by atoms with Gasteiger partial charge in [0.15, 0.2) is 11.6 Å². The van der Waals surface area contributed by atoms with E-state index >= 15 is 4.39 Å². The Morgan fingerprint density at radius 3 is 2.23 bits per heavy atom. The van der Waals surface area contributed by atoms with Gasteiger partial charge in [0.05, 0.1) is 12.7 Å². The molecule has 1 nitrogen and oxygen atoms in total. The maximum atomic E-state index is 15.1. The first-order valence-electron chi connectivity index (χ1n) is 12.6. The van der Waals surface area contributed by atoms with E-state index in [0.29, 0.717) is 35.3 Å². The second kappa shape index (κ2) is 11.7. The van der Waals surface area contributed by atoms with Gasteiger partial charge in [0.25, 0.3) is 0 Å². The lowest BCUT2D eigenvalue weighted by molar-refractivity contribution is -0.000225. The molecular formula is C31H33F3O. The second-order valence-corrected chi connectivity index (χ2v) is 9.34. The first-order valence-corrected chi connectivity index (χ1v) is 12.6. The van der Waals surface area contributed by atoms with Gasteiger partial charge in [-0.3, -0.25) is 0 Å². The first-order chi connectivity index (χ1) is 17.0. The molecule has 1 heterocycles. The zero-order valence-corrected chi connectivity index (χ0v) is 20.5. The number of allylic oxidation sites excluding steroid dienone is 2. The van der Waals surface area contributed by atoms with Crippen LogP contribution < -0.4 is 0 Å². The Morgan fingerprint density at radius 2 is 1.60 bits per heavy atom. The molecule has 3 aromatic rings. The number of benzene rings is 3. The largest absolute Gasteiger partial charge is 0.378 e. The number of hydrogen-bond donors (Lipinski definition) is 0. The van der Waals surface area contributed by atoms with Crippen LogP contribution in [-0.4, -0.2) is 12.7 Å². The number of halogens is 3. The van der Waals surface area contributed by atoms with Crippen LogP contribution in [0.5, 0.6) is 0 Å². The summed E-state index contributed by atoms with van der Waals surface area (Å²) in [5.41, 5.74) is 3.32. The standard InChI is InChI=1S/C31H33F3O/c1-3-5-6-8-26-16-13-25(20-35-26)24-15-17-27(29(32)19-24)21-9-11-22(12-10-21)28-18-14-23(7-4-2)30(33)31(28)34/h3,5,9-12,14-15,17-19,25-26H,4,6-8,13,16,20H2,1-2H3. The molecule has 2 unspecified atom stereocenters. The molecule has 1 aliphatic rings. The van der Waals surface area contributed by atoms with Crippen LogP contribution in [0.15, 0.2) is 66.7 Å². The van der Waals surface area contributed by atoms with Gasteiger partial charge in [-0.05, 0) is 67.3 Å². The Morgan fingerprint density at radius 1 is 0.886 bits per heavy atom. The predicted octanol–water partition coefficient (Wildman–Crippen LogP) is 9.01. The topological polar surface area (TPSA) is 9.23 Å². The lowest BCUT2D eigenvalue weighted by atomic mass is 9.89. The smallest absolute Gasteiger partial charge is 0.166 e. The number of ether oxygens (including phenoxy) is 1. The average molecular weight is 479 g/mol. The number of hydrogen-bond acceptors (Lipinski definition) is 1. The van der Waals surface area contributed by atoms with E-state index in [2.05, 4.69) is 12.2 Å². The van der Waals surface area contributed by atoms with Crippen molar-refractivity contribution in [3.63, 3.8) is 0 Å². The van der Waals surface area contributed by atoms with Gasteiger partial charge in [0.1, 0.15) is 5.82 Å². The van der Waals surface area contributed by atoms with Crippen molar-refractivity contribution in [1.29, 1.82) is 0 Å². The maximum Gasteiger partial charge on any atom is 0.166 e. The van der Waals surface area contributed by atoms with Gasteiger partial charge >= 0.3 is 0 Å². The molecule has 0 amide bonds. The first kappa shape index (κ1) is 25.2. The van der Waals surface area contributed by atoms with Gasteiger partial charge in [-0.25, -0.2) is 13.2 Å². The third kappa shape index (κ3) is 5.87. The van der Waals surface area contributed by atoms with Crippen LogP contribution >= 0.6 is 0 Å². The average Bonchev–Trinajstić information content (AvgIpc) is 2.88. The summed E-state index contributed by atoms with van der Waals surface area (Å²) in [6, 6.07) is 15.6.